The number of halogens is 2. The van der Waals surface area contributed by atoms with Gasteiger partial charge in [0.25, 0.3) is 0 Å². The highest BCUT2D eigenvalue weighted by Crippen LogP contribution is 2.26. The van der Waals surface area contributed by atoms with Crippen molar-refractivity contribution >= 4 is 48.9 Å². The first-order valence-corrected chi connectivity index (χ1v) is 8.58. The third-order valence-electron chi connectivity index (χ3n) is 2.88. The van der Waals surface area contributed by atoms with Crippen LogP contribution in [0.2, 0.25) is 0 Å². The standard InChI is InChI=1S/C14H15Br2NS/c1-17(7-6-13-3-2-8-18-13)14-9-12(16)5-4-11(14)10-15/h2-5,8-9H,6-7,10H2,1H3. The van der Waals surface area contributed by atoms with Crippen LogP contribution in [0.5, 0.6) is 0 Å². The lowest BCUT2D eigenvalue weighted by Crippen LogP contribution is -2.21. The van der Waals surface area contributed by atoms with Crippen LogP contribution in [0.3, 0.4) is 0 Å². The van der Waals surface area contributed by atoms with Crippen molar-refractivity contribution in [3.8, 4) is 0 Å². The predicted octanol–water partition coefficient (Wildman–Crippen LogP) is 5.08. The molecule has 2 aromatic rings. The molecule has 0 saturated carbocycles. The number of nitrogens with zero attached hydrogens (tertiary/aromatic N) is 1. The van der Waals surface area contributed by atoms with Crippen LogP contribution in [0, 0.1) is 0 Å². The van der Waals surface area contributed by atoms with Crippen LogP contribution in [-0.2, 0) is 11.8 Å². The maximum Gasteiger partial charge on any atom is 0.0416 e. The van der Waals surface area contributed by atoms with Crippen LogP contribution in [0.25, 0.3) is 0 Å². The Hall–Kier alpha value is -0.320. The second kappa shape index (κ2) is 6.73. The molecule has 0 aliphatic rings. The maximum absolute atomic E-state index is 3.55. The number of anilines is 1. The summed E-state index contributed by atoms with van der Waals surface area (Å²) >= 11 is 8.92. The number of benzene rings is 1. The van der Waals surface area contributed by atoms with E-state index in [1.165, 1.54) is 16.1 Å². The van der Waals surface area contributed by atoms with Crippen LogP contribution in [-0.4, -0.2) is 13.6 Å². The van der Waals surface area contributed by atoms with Gasteiger partial charge in [-0.2, -0.15) is 0 Å². The summed E-state index contributed by atoms with van der Waals surface area (Å²) in [7, 11) is 2.15. The zero-order chi connectivity index (χ0) is 13.0. The van der Waals surface area contributed by atoms with Gasteiger partial charge < -0.3 is 4.90 Å². The van der Waals surface area contributed by atoms with Crippen molar-refractivity contribution in [1.29, 1.82) is 0 Å². The van der Waals surface area contributed by atoms with E-state index in [1.807, 2.05) is 11.3 Å². The van der Waals surface area contributed by atoms with Gasteiger partial charge in [0.1, 0.15) is 0 Å². The molecule has 0 amide bonds. The molecule has 1 nitrogen and oxygen atoms in total. The van der Waals surface area contributed by atoms with Crippen molar-refractivity contribution in [2.75, 3.05) is 18.5 Å². The normalized spacial score (nSPS) is 10.6. The van der Waals surface area contributed by atoms with Crippen molar-refractivity contribution in [2.24, 2.45) is 0 Å². The second-order valence-electron chi connectivity index (χ2n) is 4.16. The Labute approximate surface area is 129 Å². The van der Waals surface area contributed by atoms with Crippen molar-refractivity contribution in [1.82, 2.24) is 0 Å². The number of hydrogen-bond donors (Lipinski definition) is 0. The Balaban J connectivity index is 2.08. The molecular formula is C14H15Br2NS. The zero-order valence-electron chi connectivity index (χ0n) is 10.2. The van der Waals surface area contributed by atoms with Crippen LogP contribution in [0.1, 0.15) is 10.4 Å². The number of hydrogen-bond acceptors (Lipinski definition) is 2. The molecule has 0 spiro atoms. The molecule has 0 aliphatic carbocycles. The molecule has 0 atom stereocenters. The highest BCUT2D eigenvalue weighted by atomic mass is 79.9. The van der Waals surface area contributed by atoms with Gasteiger partial charge in [0.05, 0.1) is 0 Å². The molecular weight excluding hydrogens is 374 g/mol. The van der Waals surface area contributed by atoms with Gasteiger partial charge in [-0.25, -0.2) is 0 Å². The highest BCUT2D eigenvalue weighted by molar-refractivity contribution is 9.10. The molecule has 1 aromatic carbocycles. The van der Waals surface area contributed by atoms with Gasteiger partial charge in [-0.3, -0.25) is 0 Å². The average Bonchev–Trinajstić information content (AvgIpc) is 2.89. The van der Waals surface area contributed by atoms with E-state index in [1.54, 1.807) is 0 Å². The summed E-state index contributed by atoms with van der Waals surface area (Å²) in [5.41, 5.74) is 2.62. The van der Waals surface area contributed by atoms with Gasteiger partial charge in [-0.1, -0.05) is 44.0 Å². The largest absolute Gasteiger partial charge is 0.374 e. The van der Waals surface area contributed by atoms with Crippen LogP contribution >= 0.6 is 43.2 Å². The Morgan fingerprint density at radius 3 is 2.78 bits per heavy atom. The third kappa shape index (κ3) is 3.59. The highest BCUT2D eigenvalue weighted by Gasteiger charge is 2.08. The Morgan fingerprint density at radius 2 is 2.11 bits per heavy atom. The van der Waals surface area contributed by atoms with E-state index < -0.39 is 0 Å². The maximum atomic E-state index is 3.55. The first-order chi connectivity index (χ1) is 8.70. The van der Waals surface area contributed by atoms with Crippen LogP contribution < -0.4 is 4.90 Å². The minimum atomic E-state index is 0.888. The molecule has 1 aromatic heterocycles. The summed E-state index contributed by atoms with van der Waals surface area (Å²) in [6.45, 7) is 1.04. The fourth-order valence-electron chi connectivity index (χ4n) is 1.86. The van der Waals surface area contributed by atoms with E-state index in [0.717, 1.165) is 22.8 Å². The van der Waals surface area contributed by atoms with E-state index >= 15 is 0 Å². The minimum absolute atomic E-state index is 0.888. The van der Waals surface area contributed by atoms with Gasteiger partial charge in [-0.05, 0) is 35.6 Å². The van der Waals surface area contributed by atoms with Crippen molar-refractivity contribution in [2.45, 2.75) is 11.8 Å². The van der Waals surface area contributed by atoms with Gasteiger partial charge in [0.2, 0.25) is 0 Å². The van der Waals surface area contributed by atoms with Crippen LogP contribution in [0.15, 0.2) is 40.2 Å². The Kier molecular flexibility index (Phi) is 5.27. The van der Waals surface area contributed by atoms with E-state index in [2.05, 4.69) is 79.5 Å². The molecule has 0 unspecified atom stereocenters. The lowest BCUT2D eigenvalue weighted by Gasteiger charge is -2.22. The number of rotatable bonds is 5. The molecule has 4 heteroatoms. The molecule has 0 fully saturated rings. The van der Waals surface area contributed by atoms with Crippen molar-refractivity contribution in [3.05, 3.63) is 50.6 Å². The molecule has 0 N–H and O–H groups in total. The van der Waals surface area contributed by atoms with Crippen molar-refractivity contribution < 1.29 is 0 Å². The topological polar surface area (TPSA) is 3.24 Å². The number of likely N-dealkylation sites (N-methyl/N-ethyl adjacent to an activating group) is 1. The summed E-state index contributed by atoms with van der Waals surface area (Å²) in [6.07, 6.45) is 1.10. The lowest BCUT2D eigenvalue weighted by atomic mass is 10.2. The van der Waals surface area contributed by atoms with Gasteiger partial charge in [0.15, 0.2) is 0 Å². The summed E-state index contributed by atoms with van der Waals surface area (Å²) in [6, 6.07) is 10.8. The molecule has 0 radical (unpaired) electrons. The summed E-state index contributed by atoms with van der Waals surface area (Å²) in [5.74, 6) is 0. The van der Waals surface area contributed by atoms with Gasteiger partial charge in [-0.15, -0.1) is 11.3 Å². The van der Waals surface area contributed by atoms with Gasteiger partial charge >= 0.3 is 0 Å². The zero-order valence-corrected chi connectivity index (χ0v) is 14.2. The molecule has 96 valence electrons. The van der Waals surface area contributed by atoms with E-state index in [0.29, 0.717) is 0 Å². The van der Waals surface area contributed by atoms with E-state index in [-0.39, 0.29) is 0 Å². The smallest absolute Gasteiger partial charge is 0.0416 e. The molecule has 1 heterocycles. The Morgan fingerprint density at radius 1 is 1.28 bits per heavy atom. The van der Waals surface area contributed by atoms with Crippen molar-refractivity contribution in [3.63, 3.8) is 0 Å². The van der Waals surface area contributed by atoms with E-state index in [4.69, 9.17) is 0 Å². The monoisotopic (exact) mass is 387 g/mol. The number of thiophene rings is 1. The molecule has 18 heavy (non-hydrogen) atoms. The first kappa shape index (κ1) is 14.1. The molecule has 0 saturated heterocycles. The molecule has 0 aliphatic heterocycles. The lowest BCUT2D eigenvalue weighted by molar-refractivity contribution is 0.882. The van der Waals surface area contributed by atoms with Crippen LogP contribution in [0.4, 0.5) is 5.69 Å². The fraction of sp³-hybridized carbons (Fsp3) is 0.286. The molecule has 0 bridgehead atoms. The first-order valence-electron chi connectivity index (χ1n) is 5.78. The average molecular weight is 389 g/mol. The van der Waals surface area contributed by atoms with E-state index in [9.17, 15) is 0 Å². The second-order valence-corrected chi connectivity index (χ2v) is 6.67. The number of alkyl halides is 1. The fourth-order valence-corrected chi connectivity index (χ4v) is 3.38. The summed E-state index contributed by atoms with van der Waals surface area (Å²) in [4.78, 5) is 3.76. The summed E-state index contributed by atoms with van der Waals surface area (Å²) in [5, 5.41) is 3.03. The Bertz CT molecular complexity index is 497. The quantitative estimate of drug-likeness (QED) is 0.645. The third-order valence-corrected chi connectivity index (χ3v) is 4.91. The predicted molar refractivity (Wildman–Crippen MR) is 88.1 cm³/mol. The molecule has 2 rings (SSSR count). The summed E-state index contributed by atoms with van der Waals surface area (Å²) < 4.78 is 1.13. The van der Waals surface area contributed by atoms with Gasteiger partial charge in [0, 0.05) is 34.0 Å². The SMILES string of the molecule is CN(CCc1cccs1)c1cc(Br)ccc1CBr. The minimum Gasteiger partial charge on any atom is -0.374 e.